The number of rotatable bonds is 4. The molecule has 1 aromatic heterocycles. The summed E-state index contributed by atoms with van der Waals surface area (Å²) in [7, 11) is 0. The van der Waals surface area contributed by atoms with E-state index in [0.717, 1.165) is 16.1 Å². The van der Waals surface area contributed by atoms with E-state index in [-0.39, 0.29) is 11.9 Å². The van der Waals surface area contributed by atoms with Gasteiger partial charge in [0.2, 0.25) is 5.91 Å². The van der Waals surface area contributed by atoms with Crippen molar-refractivity contribution in [1.82, 2.24) is 10.6 Å². The molecule has 0 radical (unpaired) electrons. The van der Waals surface area contributed by atoms with Crippen LogP contribution in [0.2, 0.25) is 0 Å². The first-order chi connectivity index (χ1) is 11.2. The van der Waals surface area contributed by atoms with Gasteiger partial charge in [0.15, 0.2) is 0 Å². The van der Waals surface area contributed by atoms with Crippen molar-refractivity contribution in [3.8, 4) is 0 Å². The lowest BCUT2D eigenvalue weighted by molar-refractivity contribution is -0.122. The second-order valence-corrected chi connectivity index (χ2v) is 6.38. The maximum absolute atomic E-state index is 12.7. The Morgan fingerprint density at radius 3 is 2.78 bits per heavy atom. The smallest absolute Gasteiger partial charge is 0.322 e. The van der Waals surface area contributed by atoms with Gasteiger partial charge in [-0.1, -0.05) is 24.3 Å². The summed E-state index contributed by atoms with van der Waals surface area (Å²) >= 11 is 1.60. The third-order valence-corrected chi connectivity index (χ3v) is 4.72. The summed E-state index contributed by atoms with van der Waals surface area (Å²) in [4.78, 5) is 27.7. The fourth-order valence-corrected chi connectivity index (χ4v) is 3.44. The molecule has 0 saturated heterocycles. The summed E-state index contributed by atoms with van der Waals surface area (Å²) in [5.74, 6) is -0.116. The minimum atomic E-state index is -0.490. The highest BCUT2D eigenvalue weighted by atomic mass is 32.1. The monoisotopic (exact) mass is 329 g/mol. The summed E-state index contributed by atoms with van der Waals surface area (Å²) in [6.45, 7) is 2.90. The average Bonchev–Trinajstić information content (AvgIpc) is 3.20. The van der Waals surface area contributed by atoms with Crippen molar-refractivity contribution in [3.05, 3.63) is 52.2 Å². The lowest BCUT2D eigenvalue weighted by atomic mass is 10.1. The minimum absolute atomic E-state index is 0.116. The number of likely N-dealkylation sites (N-methyl/N-ethyl adjacent to an activating group) is 1. The predicted molar refractivity (Wildman–Crippen MR) is 91.7 cm³/mol. The molecule has 2 aromatic rings. The molecule has 2 heterocycles. The van der Waals surface area contributed by atoms with Crippen molar-refractivity contribution in [2.24, 2.45) is 0 Å². The van der Waals surface area contributed by atoms with Gasteiger partial charge in [0.25, 0.3) is 0 Å². The van der Waals surface area contributed by atoms with E-state index in [4.69, 9.17) is 0 Å². The van der Waals surface area contributed by atoms with Crippen molar-refractivity contribution in [2.45, 2.75) is 25.9 Å². The molecule has 5 nitrogen and oxygen atoms in total. The third-order valence-electron chi connectivity index (χ3n) is 3.84. The highest BCUT2D eigenvalue weighted by molar-refractivity contribution is 7.09. The van der Waals surface area contributed by atoms with Crippen LogP contribution in [-0.2, 0) is 17.8 Å². The lowest BCUT2D eigenvalue weighted by Gasteiger charge is -2.25. The molecule has 0 fully saturated rings. The van der Waals surface area contributed by atoms with Gasteiger partial charge in [0.05, 0.1) is 6.54 Å². The van der Waals surface area contributed by atoms with Crippen molar-refractivity contribution >= 4 is 29.0 Å². The van der Waals surface area contributed by atoms with Crippen molar-refractivity contribution < 1.29 is 9.59 Å². The minimum Gasteiger partial charge on any atom is -0.355 e. The molecule has 1 aliphatic rings. The molecule has 23 heavy (non-hydrogen) atoms. The molecule has 3 rings (SSSR count). The fourth-order valence-electron chi connectivity index (χ4n) is 2.80. The molecule has 0 spiro atoms. The number of carbonyl (C=O) groups excluding carboxylic acids is 2. The molecule has 0 unspecified atom stereocenters. The molecule has 0 bridgehead atoms. The number of nitrogens with one attached hydrogen (secondary N) is 2. The van der Waals surface area contributed by atoms with Crippen LogP contribution in [0.3, 0.4) is 0 Å². The van der Waals surface area contributed by atoms with Crippen LogP contribution in [0.1, 0.15) is 17.4 Å². The van der Waals surface area contributed by atoms with Gasteiger partial charge < -0.3 is 10.6 Å². The van der Waals surface area contributed by atoms with Crippen LogP contribution in [-0.4, -0.2) is 24.5 Å². The summed E-state index contributed by atoms with van der Waals surface area (Å²) in [6, 6.07) is 10.9. The first-order valence-electron chi connectivity index (χ1n) is 7.65. The van der Waals surface area contributed by atoms with Gasteiger partial charge in [0, 0.05) is 23.5 Å². The number of amides is 3. The molecule has 1 aromatic carbocycles. The van der Waals surface area contributed by atoms with Crippen LogP contribution in [0, 0.1) is 0 Å². The summed E-state index contributed by atoms with van der Waals surface area (Å²) < 4.78 is 0. The van der Waals surface area contributed by atoms with E-state index < -0.39 is 6.04 Å². The second-order valence-electron chi connectivity index (χ2n) is 5.35. The SMILES string of the molecule is CCNC(=O)[C@@H]1Cc2ccccc2N1C(=O)NCc1cccs1. The number of hydrogen-bond donors (Lipinski definition) is 2. The number of para-hydroxylation sites is 1. The topological polar surface area (TPSA) is 61.4 Å². The average molecular weight is 329 g/mol. The van der Waals surface area contributed by atoms with E-state index in [9.17, 15) is 9.59 Å². The van der Waals surface area contributed by atoms with Crippen molar-refractivity contribution in [3.63, 3.8) is 0 Å². The number of carbonyl (C=O) groups is 2. The molecule has 6 heteroatoms. The maximum Gasteiger partial charge on any atom is 0.322 e. The number of benzene rings is 1. The van der Waals surface area contributed by atoms with Gasteiger partial charge in [0.1, 0.15) is 6.04 Å². The highest BCUT2D eigenvalue weighted by Gasteiger charge is 2.37. The standard InChI is InChI=1S/C17H19N3O2S/c1-2-18-16(21)15-10-12-6-3-4-8-14(12)20(15)17(22)19-11-13-7-5-9-23-13/h3-9,15H,2,10-11H2,1H3,(H,18,21)(H,19,22)/t15-/m0/s1. The van der Waals surface area contributed by atoms with Crippen molar-refractivity contribution in [1.29, 1.82) is 0 Å². The number of urea groups is 1. The highest BCUT2D eigenvalue weighted by Crippen LogP contribution is 2.32. The quantitative estimate of drug-likeness (QED) is 0.905. The van der Waals surface area contributed by atoms with Crippen LogP contribution in [0.4, 0.5) is 10.5 Å². The zero-order chi connectivity index (χ0) is 16.2. The summed E-state index contributed by atoms with van der Waals surface area (Å²) in [5, 5.41) is 7.71. The number of nitrogens with zero attached hydrogens (tertiary/aromatic N) is 1. The molecule has 1 atom stereocenters. The number of fused-ring (bicyclic) bond motifs is 1. The first-order valence-corrected chi connectivity index (χ1v) is 8.53. The largest absolute Gasteiger partial charge is 0.355 e. The fraction of sp³-hybridized carbons (Fsp3) is 0.294. The van der Waals surface area contributed by atoms with Gasteiger partial charge in [-0.2, -0.15) is 0 Å². The van der Waals surface area contributed by atoms with Crippen LogP contribution in [0.25, 0.3) is 0 Å². The molecule has 0 saturated carbocycles. The Morgan fingerprint density at radius 1 is 1.22 bits per heavy atom. The zero-order valence-corrected chi connectivity index (χ0v) is 13.7. The Morgan fingerprint density at radius 2 is 2.04 bits per heavy atom. The van der Waals surface area contributed by atoms with E-state index in [2.05, 4.69) is 10.6 Å². The molecular formula is C17H19N3O2S. The predicted octanol–water partition coefficient (Wildman–Crippen LogP) is 2.53. The van der Waals surface area contributed by atoms with Crippen LogP contribution < -0.4 is 15.5 Å². The van der Waals surface area contributed by atoms with E-state index in [1.54, 1.807) is 16.2 Å². The molecule has 3 amide bonds. The maximum atomic E-state index is 12.7. The molecule has 1 aliphatic heterocycles. The molecule has 2 N–H and O–H groups in total. The number of anilines is 1. The van der Waals surface area contributed by atoms with E-state index in [0.29, 0.717) is 19.5 Å². The Labute approximate surface area is 139 Å². The Hall–Kier alpha value is -2.34. The second kappa shape index (κ2) is 6.83. The van der Waals surface area contributed by atoms with E-state index >= 15 is 0 Å². The Bertz CT molecular complexity index is 700. The first kappa shape index (κ1) is 15.6. The van der Waals surface area contributed by atoms with Gasteiger partial charge in [-0.05, 0) is 30.0 Å². The van der Waals surface area contributed by atoms with Gasteiger partial charge in [-0.25, -0.2) is 4.79 Å². The van der Waals surface area contributed by atoms with E-state index in [1.165, 1.54) is 0 Å². The van der Waals surface area contributed by atoms with Crippen LogP contribution in [0.15, 0.2) is 41.8 Å². The van der Waals surface area contributed by atoms with Crippen LogP contribution in [0.5, 0.6) is 0 Å². The number of hydrogen-bond acceptors (Lipinski definition) is 3. The zero-order valence-electron chi connectivity index (χ0n) is 12.9. The van der Waals surface area contributed by atoms with Crippen LogP contribution >= 0.6 is 11.3 Å². The normalized spacial score (nSPS) is 16.0. The van der Waals surface area contributed by atoms with Gasteiger partial charge in [-0.15, -0.1) is 11.3 Å². The Balaban J connectivity index is 1.79. The van der Waals surface area contributed by atoms with E-state index in [1.807, 2.05) is 48.7 Å². The summed E-state index contributed by atoms with van der Waals surface area (Å²) in [6.07, 6.45) is 0.550. The molecular weight excluding hydrogens is 310 g/mol. The third kappa shape index (κ3) is 3.22. The molecule has 0 aliphatic carbocycles. The van der Waals surface area contributed by atoms with Gasteiger partial charge >= 0.3 is 6.03 Å². The summed E-state index contributed by atoms with van der Waals surface area (Å²) in [5.41, 5.74) is 1.84. The molecule has 120 valence electrons. The van der Waals surface area contributed by atoms with Gasteiger partial charge in [-0.3, -0.25) is 9.69 Å². The Kier molecular flexibility index (Phi) is 4.62. The number of thiophene rings is 1. The lowest BCUT2D eigenvalue weighted by Crippen LogP contribution is -2.51. The van der Waals surface area contributed by atoms with Crippen molar-refractivity contribution in [2.75, 3.05) is 11.4 Å².